The summed E-state index contributed by atoms with van der Waals surface area (Å²) in [6.07, 6.45) is 5.18. The monoisotopic (exact) mass is 263 g/mol. The first-order chi connectivity index (χ1) is 9.08. The Kier molecular flexibility index (Phi) is 4.14. The van der Waals surface area contributed by atoms with Crippen LogP contribution < -0.4 is 0 Å². The molecule has 0 bridgehead atoms. The predicted molar refractivity (Wildman–Crippen MR) is 70.0 cm³/mol. The van der Waals surface area contributed by atoms with Crippen molar-refractivity contribution >= 4 is 11.7 Å². The van der Waals surface area contributed by atoms with Crippen LogP contribution >= 0.6 is 0 Å². The summed E-state index contributed by atoms with van der Waals surface area (Å²) in [4.78, 5) is 21.5. The first-order valence-electron chi connectivity index (χ1n) is 6.55. The third-order valence-corrected chi connectivity index (χ3v) is 3.85. The van der Waals surface area contributed by atoms with E-state index in [1.807, 2.05) is 0 Å². The Morgan fingerprint density at radius 2 is 1.89 bits per heavy atom. The van der Waals surface area contributed by atoms with Crippen LogP contribution in [0.1, 0.15) is 43.6 Å². The van der Waals surface area contributed by atoms with Gasteiger partial charge in [0.2, 0.25) is 0 Å². The van der Waals surface area contributed by atoms with Crippen LogP contribution in [-0.4, -0.2) is 16.0 Å². The van der Waals surface area contributed by atoms with Gasteiger partial charge in [0.1, 0.15) is 0 Å². The molecule has 1 saturated carbocycles. The van der Waals surface area contributed by atoms with Crippen molar-refractivity contribution in [3.05, 3.63) is 39.9 Å². The summed E-state index contributed by atoms with van der Waals surface area (Å²) < 4.78 is 0. The maximum Gasteiger partial charge on any atom is 0.310 e. The van der Waals surface area contributed by atoms with Crippen LogP contribution in [0.5, 0.6) is 0 Å². The van der Waals surface area contributed by atoms with Gasteiger partial charge in [-0.2, -0.15) is 0 Å². The van der Waals surface area contributed by atoms with Crippen LogP contribution in [0.15, 0.2) is 24.3 Å². The normalized spacial score (nSPS) is 17.3. The lowest BCUT2D eigenvalue weighted by atomic mass is 9.88. The molecule has 0 aromatic heterocycles. The van der Waals surface area contributed by atoms with Crippen molar-refractivity contribution in [2.75, 3.05) is 0 Å². The van der Waals surface area contributed by atoms with Crippen molar-refractivity contribution < 1.29 is 14.8 Å². The lowest BCUT2D eigenvalue weighted by molar-refractivity contribution is -0.384. The molecule has 1 aliphatic rings. The molecule has 2 rings (SSSR count). The van der Waals surface area contributed by atoms with Crippen LogP contribution in [0, 0.1) is 16.0 Å². The van der Waals surface area contributed by atoms with Crippen molar-refractivity contribution in [1.29, 1.82) is 0 Å². The summed E-state index contributed by atoms with van der Waals surface area (Å²) in [6, 6.07) is 5.87. The molecule has 0 spiro atoms. The second-order valence-corrected chi connectivity index (χ2v) is 5.13. The van der Waals surface area contributed by atoms with E-state index >= 15 is 0 Å². The van der Waals surface area contributed by atoms with E-state index in [0.29, 0.717) is 17.9 Å². The van der Waals surface area contributed by atoms with Crippen LogP contribution in [0.4, 0.5) is 5.69 Å². The summed E-state index contributed by atoms with van der Waals surface area (Å²) in [6.45, 7) is 0. The molecule has 1 aliphatic carbocycles. The molecule has 0 radical (unpaired) electrons. The minimum atomic E-state index is -0.847. The topological polar surface area (TPSA) is 80.4 Å². The third kappa shape index (κ3) is 3.30. The van der Waals surface area contributed by atoms with Gasteiger partial charge in [-0.25, -0.2) is 0 Å². The highest BCUT2D eigenvalue weighted by molar-refractivity contribution is 5.76. The molecule has 0 heterocycles. The number of carboxylic acids is 1. The lowest BCUT2D eigenvalue weighted by Crippen LogP contribution is -2.15. The number of rotatable bonds is 5. The van der Waals surface area contributed by atoms with Crippen LogP contribution in [0.25, 0.3) is 0 Å². The molecule has 0 saturated heterocycles. The lowest BCUT2D eigenvalue weighted by Gasteiger charge is -2.16. The van der Waals surface area contributed by atoms with E-state index in [1.165, 1.54) is 25.0 Å². The molecule has 102 valence electrons. The Labute approximate surface area is 111 Å². The van der Waals surface area contributed by atoms with E-state index in [2.05, 4.69) is 0 Å². The highest BCUT2D eigenvalue weighted by Gasteiger charge is 2.26. The number of carbonyl (C=O) groups is 1. The number of aliphatic carboxylic acids is 1. The number of nitro benzene ring substituents is 1. The quantitative estimate of drug-likeness (QED) is 0.652. The van der Waals surface area contributed by atoms with Gasteiger partial charge in [0.05, 0.1) is 10.8 Å². The van der Waals surface area contributed by atoms with Gasteiger partial charge in [-0.1, -0.05) is 37.8 Å². The SMILES string of the molecule is O=C(O)C(CC1CCCC1)c1ccc([N+](=O)[O-])cc1. The zero-order valence-corrected chi connectivity index (χ0v) is 10.6. The summed E-state index contributed by atoms with van der Waals surface area (Å²) in [5.41, 5.74) is 0.652. The summed E-state index contributed by atoms with van der Waals surface area (Å²) in [7, 11) is 0. The van der Waals surface area contributed by atoms with E-state index in [0.717, 1.165) is 12.8 Å². The van der Waals surface area contributed by atoms with Crippen LogP contribution in [-0.2, 0) is 4.79 Å². The zero-order chi connectivity index (χ0) is 13.8. The standard InChI is InChI=1S/C14H17NO4/c16-14(17)13(9-10-3-1-2-4-10)11-5-7-12(8-6-11)15(18)19/h5-8,10,13H,1-4,9H2,(H,16,17). The predicted octanol–water partition coefficient (Wildman–Crippen LogP) is 3.34. The Bertz CT molecular complexity index is 463. The molecule has 0 amide bonds. The van der Waals surface area contributed by atoms with E-state index in [4.69, 9.17) is 0 Å². The highest BCUT2D eigenvalue weighted by atomic mass is 16.6. The van der Waals surface area contributed by atoms with E-state index < -0.39 is 16.8 Å². The molecular weight excluding hydrogens is 246 g/mol. The Balaban J connectivity index is 2.13. The zero-order valence-electron chi connectivity index (χ0n) is 10.6. The van der Waals surface area contributed by atoms with Gasteiger partial charge in [-0.15, -0.1) is 0 Å². The van der Waals surface area contributed by atoms with Crippen LogP contribution in [0.3, 0.4) is 0 Å². The molecule has 1 aromatic carbocycles. The average molecular weight is 263 g/mol. The summed E-state index contributed by atoms with van der Waals surface area (Å²) in [5, 5.41) is 19.9. The molecule has 0 aliphatic heterocycles. The summed E-state index contributed by atoms with van der Waals surface area (Å²) >= 11 is 0. The number of nitrogens with zero attached hydrogens (tertiary/aromatic N) is 1. The number of nitro groups is 1. The average Bonchev–Trinajstić information content (AvgIpc) is 2.88. The fourth-order valence-corrected chi connectivity index (χ4v) is 2.79. The minimum Gasteiger partial charge on any atom is -0.481 e. The second kappa shape index (κ2) is 5.82. The number of carboxylic acid groups (broad SMARTS) is 1. The molecular formula is C14H17NO4. The molecule has 1 aromatic rings. The third-order valence-electron chi connectivity index (χ3n) is 3.85. The molecule has 1 unspecified atom stereocenters. The molecule has 1 atom stereocenters. The van der Waals surface area contributed by atoms with Gasteiger partial charge in [-0.05, 0) is 17.9 Å². The smallest absolute Gasteiger partial charge is 0.310 e. The van der Waals surface area contributed by atoms with E-state index in [1.54, 1.807) is 12.1 Å². The Morgan fingerprint density at radius 3 is 2.37 bits per heavy atom. The maximum absolute atomic E-state index is 11.4. The van der Waals surface area contributed by atoms with Crippen molar-refractivity contribution in [1.82, 2.24) is 0 Å². The Hall–Kier alpha value is -1.91. The first-order valence-corrected chi connectivity index (χ1v) is 6.55. The first kappa shape index (κ1) is 13.5. The van der Waals surface area contributed by atoms with Gasteiger partial charge in [0, 0.05) is 12.1 Å². The summed E-state index contributed by atoms with van der Waals surface area (Å²) in [5.74, 6) is -0.930. The Morgan fingerprint density at radius 1 is 1.32 bits per heavy atom. The fraction of sp³-hybridized carbons (Fsp3) is 0.500. The fourth-order valence-electron chi connectivity index (χ4n) is 2.79. The van der Waals surface area contributed by atoms with Crippen molar-refractivity contribution in [2.24, 2.45) is 5.92 Å². The molecule has 5 nitrogen and oxygen atoms in total. The van der Waals surface area contributed by atoms with Crippen molar-refractivity contribution in [2.45, 2.75) is 38.0 Å². The molecule has 1 N–H and O–H groups in total. The van der Waals surface area contributed by atoms with Gasteiger partial charge in [-0.3, -0.25) is 14.9 Å². The van der Waals surface area contributed by atoms with Gasteiger partial charge >= 0.3 is 5.97 Å². The van der Waals surface area contributed by atoms with Gasteiger partial charge in [0.15, 0.2) is 0 Å². The van der Waals surface area contributed by atoms with E-state index in [9.17, 15) is 20.0 Å². The number of benzene rings is 1. The maximum atomic E-state index is 11.4. The van der Waals surface area contributed by atoms with Crippen LogP contribution in [0.2, 0.25) is 0 Å². The number of hydrogen-bond acceptors (Lipinski definition) is 3. The highest BCUT2D eigenvalue weighted by Crippen LogP contribution is 2.34. The number of non-ortho nitro benzene ring substituents is 1. The number of hydrogen-bond donors (Lipinski definition) is 1. The van der Waals surface area contributed by atoms with Gasteiger partial charge < -0.3 is 5.11 Å². The van der Waals surface area contributed by atoms with Gasteiger partial charge in [0.25, 0.3) is 5.69 Å². The minimum absolute atomic E-state index is 0.00578. The largest absolute Gasteiger partial charge is 0.481 e. The molecule has 19 heavy (non-hydrogen) atoms. The second-order valence-electron chi connectivity index (χ2n) is 5.13. The van der Waals surface area contributed by atoms with E-state index in [-0.39, 0.29) is 5.69 Å². The molecule has 1 fully saturated rings. The molecule has 5 heteroatoms. The van der Waals surface area contributed by atoms with Crippen molar-refractivity contribution in [3.63, 3.8) is 0 Å². The van der Waals surface area contributed by atoms with Crippen molar-refractivity contribution in [3.8, 4) is 0 Å².